The van der Waals surface area contributed by atoms with E-state index in [-0.39, 0.29) is 0 Å². The van der Waals surface area contributed by atoms with Crippen LogP contribution in [0, 0.1) is 0 Å². The lowest BCUT2D eigenvalue weighted by molar-refractivity contribution is 0.670. The van der Waals surface area contributed by atoms with Crippen LogP contribution in [0.25, 0.3) is 89.2 Å². The third-order valence-corrected chi connectivity index (χ3v) is 12.6. The Hall–Kier alpha value is -8.14. The molecule has 1 aliphatic carbocycles. The maximum absolute atomic E-state index is 6.64. The summed E-state index contributed by atoms with van der Waals surface area (Å²) < 4.78 is 6.64. The largest absolute Gasteiger partial charge is 0.455 e. The molecule has 290 valence electrons. The Balaban J connectivity index is 1.09. The molecule has 2 heterocycles. The number of hydrogen-bond donors (Lipinski definition) is 0. The number of benzene rings is 9. The molecule has 0 saturated heterocycles. The van der Waals surface area contributed by atoms with Crippen molar-refractivity contribution >= 4 is 21.9 Å². The highest BCUT2D eigenvalue weighted by Crippen LogP contribution is 2.56. The number of para-hydroxylation sites is 2. The highest BCUT2D eigenvalue weighted by atomic mass is 16.3. The molecule has 11 aromatic rings. The molecule has 3 nitrogen and oxygen atoms in total. The summed E-state index contributed by atoms with van der Waals surface area (Å²) in [6, 6.07) is 82.2. The molecular weight excluding hydrogens is 753 g/mol. The SMILES string of the molecule is c1ccc(-c2nc(-c3ccc(-c4ccccc4)c(-c4cccc5c4oc4ccccc45)c3)cc(-c3ccc4c(c3)C(c3ccccc3)(c3ccccc3)c3ccccc3-4)n2)cc1. The van der Waals surface area contributed by atoms with E-state index >= 15 is 0 Å². The first-order valence-electron chi connectivity index (χ1n) is 21.1. The molecule has 0 fully saturated rings. The van der Waals surface area contributed by atoms with Gasteiger partial charge in [0.2, 0.25) is 0 Å². The van der Waals surface area contributed by atoms with E-state index < -0.39 is 5.41 Å². The van der Waals surface area contributed by atoms with Crippen LogP contribution < -0.4 is 0 Å². The van der Waals surface area contributed by atoms with Crippen LogP contribution in [-0.4, -0.2) is 9.97 Å². The van der Waals surface area contributed by atoms with Crippen molar-refractivity contribution in [3.8, 4) is 67.3 Å². The first-order chi connectivity index (χ1) is 30.7. The fraction of sp³-hybridized carbons (Fsp3) is 0.0169. The number of fused-ring (bicyclic) bond motifs is 6. The molecule has 0 unspecified atom stereocenters. The fourth-order valence-electron chi connectivity index (χ4n) is 9.82. The zero-order valence-electron chi connectivity index (χ0n) is 33.7. The van der Waals surface area contributed by atoms with Crippen LogP contribution in [0.3, 0.4) is 0 Å². The second kappa shape index (κ2) is 14.5. The number of rotatable bonds is 7. The average Bonchev–Trinajstić information content (AvgIpc) is 3.89. The first kappa shape index (κ1) is 35.8. The van der Waals surface area contributed by atoms with Crippen molar-refractivity contribution in [3.63, 3.8) is 0 Å². The van der Waals surface area contributed by atoms with Gasteiger partial charge in [-0.1, -0.05) is 206 Å². The standard InChI is InChI=1S/C59H38N2O/c1-5-18-39(19-6-1)45-34-32-41(36-51(45)50-29-17-28-49-48-27-14-16-31-56(48)62-57(49)50)54-38-55(61-58(60-54)40-20-7-2-8-21-40)42-33-35-47-46-26-13-15-30-52(46)59(53(47)37-42,43-22-9-3-10-23-43)44-24-11-4-12-25-44/h1-38H. The van der Waals surface area contributed by atoms with Crippen molar-refractivity contribution < 1.29 is 4.42 Å². The Labute approximate surface area is 360 Å². The van der Waals surface area contributed by atoms with Gasteiger partial charge >= 0.3 is 0 Å². The average molecular weight is 791 g/mol. The molecule has 0 amide bonds. The van der Waals surface area contributed by atoms with Crippen LogP contribution in [0.5, 0.6) is 0 Å². The van der Waals surface area contributed by atoms with Crippen molar-refractivity contribution in [2.45, 2.75) is 5.41 Å². The third kappa shape index (κ3) is 5.67. The molecule has 0 N–H and O–H groups in total. The van der Waals surface area contributed by atoms with Gasteiger partial charge in [0.1, 0.15) is 11.2 Å². The van der Waals surface area contributed by atoms with Crippen molar-refractivity contribution in [2.24, 2.45) is 0 Å². The molecule has 2 aromatic heterocycles. The minimum atomic E-state index is -0.525. The molecule has 9 aromatic carbocycles. The maximum Gasteiger partial charge on any atom is 0.160 e. The Morgan fingerprint density at radius 2 is 0.855 bits per heavy atom. The second-order valence-corrected chi connectivity index (χ2v) is 16.0. The minimum absolute atomic E-state index is 0.525. The normalized spacial score (nSPS) is 12.6. The number of furan rings is 1. The van der Waals surface area contributed by atoms with Gasteiger partial charge in [-0.25, -0.2) is 9.97 Å². The lowest BCUT2D eigenvalue weighted by atomic mass is 9.67. The smallest absolute Gasteiger partial charge is 0.160 e. The number of hydrogen-bond acceptors (Lipinski definition) is 3. The summed E-state index contributed by atoms with van der Waals surface area (Å²) in [7, 11) is 0. The molecule has 0 saturated carbocycles. The minimum Gasteiger partial charge on any atom is -0.455 e. The zero-order chi connectivity index (χ0) is 41.0. The summed E-state index contributed by atoms with van der Waals surface area (Å²) in [5.74, 6) is 0.673. The van der Waals surface area contributed by atoms with Gasteiger partial charge in [-0.15, -0.1) is 0 Å². The topological polar surface area (TPSA) is 38.9 Å². The molecule has 1 aliphatic rings. The van der Waals surface area contributed by atoms with Gasteiger partial charge in [-0.05, 0) is 74.3 Å². The van der Waals surface area contributed by atoms with Crippen LogP contribution in [0.2, 0.25) is 0 Å². The summed E-state index contributed by atoms with van der Waals surface area (Å²) in [5.41, 5.74) is 17.7. The second-order valence-electron chi connectivity index (χ2n) is 16.0. The van der Waals surface area contributed by atoms with Crippen LogP contribution in [0.4, 0.5) is 0 Å². The molecule has 0 spiro atoms. The van der Waals surface area contributed by atoms with E-state index in [0.29, 0.717) is 5.82 Å². The molecule has 0 bridgehead atoms. The Kier molecular flexibility index (Phi) is 8.39. The van der Waals surface area contributed by atoms with E-state index in [1.807, 2.05) is 30.3 Å². The lowest BCUT2D eigenvalue weighted by Gasteiger charge is -2.34. The van der Waals surface area contributed by atoms with Crippen LogP contribution in [0.1, 0.15) is 22.3 Å². The third-order valence-electron chi connectivity index (χ3n) is 12.6. The molecular formula is C59H38N2O. The highest BCUT2D eigenvalue weighted by Gasteiger charge is 2.46. The summed E-state index contributed by atoms with van der Waals surface area (Å²) in [4.78, 5) is 10.7. The quantitative estimate of drug-likeness (QED) is 0.161. The van der Waals surface area contributed by atoms with Gasteiger partial charge in [-0.2, -0.15) is 0 Å². The van der Waals surface area contributed by atoms with E-state index in [1.54, 1.807) is 0 Å². The maximum atomic E-state index is 6.64. The lowest BCUT2D eigenvalue weighted by Crippen LogP contribution is -2.28. The van der Waals surface area contributed by atoms with Crippen molar-refractivity contribution in [2.75, 3.05) is 0 Å². The summed E-state index contributed by atoms with van der Waals surface area (Å²) >= 11 is 0. The molecule has 12 rings (SSSR count). The van der Waals surface area contributed by atoms with E-state index in [2.05, 4.69) is 200 Å². The van der Waals surface area contributed by atoms with Gasteiger partial charge in [-0.3, -0.25) is 0 Å². The van der Waals surface area contributed by atoms with E-state index in [0.717, 1.165) is 72.3 Å². The van der Waals surface area contributed by atoms with Gasteiger partial charge in [0.05, 0.1) is 16.8 Å². The molecule has 3 heteroatoms. The first-order valence-corrected chi connectivity index (χ1v) is 21.1. The van der Waals surface area contributed by atoms with Crippen molar-refractivity contribution in [1.82, 2.24) is 9.97 Å². The summed E-state index contributed by atoms with van der Waals surface area (Å²) in [6.45, 7) is 0. The Morgan fingerprint density at radius 3 is 1.56 bits per heavy atom. The van der Waals surface area contributed by atoms with Crippen LogP contribution >= 0.6 is 0 Å². The predicted molar refractivity (Wildman–Crippen MR) is 254 cm³/mol. The van der Waals surface area contributed by atoms with Crippen molar-refractivity contribution in [3.05, 3.63) is 253 Å². The van der Waals surface area contributed by atoms with E-state index in [4.69, 9.17) is 14.4 Å². The summed E-state index contributed by atoms with van der Waals surface area (Å²) in [6.07, 6.45) is 0. The fourth-order valence-corrected chi connectivity index (χ4v) is 9.82. The van der Waals surface area contributed by atoms with Gasteiger partial charge in [0.25, 0.3) is 0 Å². The predicted octanol–water partition coefficient (Wildman–Crippen LogP) is 15.1. The monoisotopic (exact) mass is 790 g/mol. The summed E-state index contributed by atoms with van der Waals surface area (Å²) in [5, 5.41) is 2.20. The number of nitrogens with zero attached hydrogens (tertiary/aromatic N) is 2. The van der Waals surface area contributed by atoms with Crippen LogP contribution in [-0.2, 0) is 5.41 Å². The van der Waals surface area contributed by atoms with Gasteiger partial charge in [0, 0.05) is 33.0 Å². The van der Waals surface area contributed by atoms with Crippen LogP contribution in [0.15, 0.2) is 235 Å². The highest BCUT2D eigenvalue weighted by molar-refractivity contribution is 6.11. The molecule has 62 heavy (non-hydrogen) atoms. The molecule has 0 aliphatic heterocycles. The Morgan fingerprint density at radius 1 is 0.323 bits per heavy atom. The molecule has 0 radical (unpaired) electrons. The molecule has 0 atom stereocenters. The van der Waals surface area contributed by atoms with Gasteiger partial charge in [0.15, 0.2) is 5.82 Å². The van der Waals surface area contributed by atoms with Gasteiger partial charge < -0.3 is 4.42 Å². The van der Waals surface area contributed by atoms with E-state index in [1.165, 1.54) is 33.4 Å². The number of aromatic nitrogens is 2. The Bertz CT molecular complexity index is 3410. The van der Waals surface area contributed by atoms with E-state index in [9.17, 15) is 0 Å². The zero-order valence-corrected chi connectivity index (χ0v) is 33.7. The van der Waals surface area contributed by atoms with Crippen molar-refractivity contribution in [1.29, 1.82) is 0 Å².